The molecule has 2 aromatic carbocycles. The van der Waals surface area contributed by atoms with Crippen LogP contribution in [0.2, 0.25) is 0 Å². The molecule has 1 amide bonds. The molecule has 1 unspecified atom stereocenters. The van der Waals surface area contributed by atoms with E-state index < -0.39 is 28.8 Å². The third kappa shape index (κ3) is 5.91. The van der Waals surface area contributed by atoms with Crippen LogP contribution in [0, 0.1) is 5.82 Å². The maximum atomic E-state index is 13.0. The number of aliphatic carboxylic acids is 1. The van der Waals surface area contributed by atoms with Crippen molar-refractivity contribution < 1.29 is 33.6 Å². The Morgan fingerprint density at radius 3 is 2.14 bits per heavy atom. The summed E-state index contributed by atoms with van der Waals surface area (Å²) in [7, 11) is 0. The van der Waals surface area contributed by atoms with E-state index in [-0.39, 0.29) is 18.8 Å². The largest absolute Gasteiger partial charge is 0.593 e. The average molecular weight is 424 g/mol. The Bertz CT molecular complexity index is 845. The lowest BCUT2D eigenvalue weighted by Crippen LogP contribution is -2.56. The fraction of sp³-hybridized carbons (Fsp3) is 0.263. The van der Waals surface area contributed by atoms with Gasteiger partial charge >= 0.3 is 5.97 Å². The highest BCUT2D eigenvalue weighted by Gasteiger charge is 2.43. The molecule has 0 aromatic heterocycles. The zero-order valence-electron chi connectivity index (χ0n) is 15.8. The number of carbonyl (C=O) groups is 2. The van der Waals surface area contributed by atoms with Gasteiger partial charge in [0.25, 0.3) is 5.91 Å². The fourth-order valence-corrected chi connectivity index (χ4v) is 3.78. The van der Waals surface area contributed by atoms with Gasteiger partial charge in [0.1, 0.15) is 22.9 Å². The van der Waals surface area contributed by atoms with Crippen LogP contribution in [0.5, 0.6) is 11.5 Å². The summed E-state index contributed by atoms with van der Waals surface area (Å²) in [4.78, 5) is 23.3. The number of nitrogens with zero attached hydrogens (tertiary/aromatic N) is 1. The van der Waals surface area contributed by atoms with E-state index in [1.54, 1.807) is 12.1 Å². The third-order valence-electron chi connectivity index (χ3n) is 4.08. The predicted molar refractivity (Wildman–Crippen MR) is 102 cm³/mol. The van der Waals surface area contributed by atoms with E-state index in [9.17, 15) is 18.5 Å². The molecule has 8 nitrogen and oxygen atoms in total. The van der Waals surface area contributed by atoms with Crippen LogP contribution in [-0.2, 0) is 21.0 Å². The number of carbonyl (C=O) groups excluding carboxylic acids is 1. The molecule has 0 aliphatic carbocycles. The zero-order chi connectivity index (χ0) is 21.6. The van der Waals surface area contributed by atoms with Crippen molar-refractivity contribution in [1.29, 1.82) is 0 Å². The molecule has 0 bridgehead atoms. The van der Waals surface area contributed by atoms with Gasteiger partial charge in [-0.05, 0) is 62.4 Å². The minimum absolute atomic E-state index is 0.184. The zero-order valence-corrected chi connectivity index (χ0v) is 16.6. The van der Waals surface area contributed by atoms with E-state index in [0.29, 0.717) is 16.4 Å². The van der Waals surface area contributed by atoms with Gasteiger partial charge in [-0.3, -0.25) is 14.8 Å². The van der Waals surface area contributed by atoms with Crippen molar-refractivity contribution in [2.24, 2.45) is 0 Å². The van der Waals surface area contributed by atoms with Gasteiger partial charge in [-0.25, -0.2) is 9.87 Å². The van der Waals surface area contributed by atoms with E-state index in [1.165, 1.54) is 60.0 Å². The van der Waals surface area contributed by atoms with Crippen LogP contribution in [-0.4, -0.2) is 43.1 Å². The highest BCUT2D eigenvalue weighted by atomic mass is 32.2. The monoisotopic (exact) mass is 424 g/mol. The summed E-state index contributed by atoms with van der Waals surface area (Å²) in [6.07, 6.45) is -0.348. The molecule has 0 fully saturated rings. The third-order valence-corrected chi connectivity index (χ3v) is 5.80. The first-order valence-electron chi connectivity index (χ1n) is 8.54. The highest BCUT2D eigenvalue weighted by Crippen LogP contribution is 2.28. The summed E-state index contributed by atoms with van der Waals surface area (Å²) in [5, 5.41) is 17.9. The van der Waals surface area contributed by atoms with Crippen molar-refractivity contribution in [3.05, 3.63) is 54.3 Å². The number of ether oxygens (including phenoxy) is 1. The minimum atomic E-state index is -1.89. The number of hydroxylamine groups is 1. The first-order valence-corrected chi connectivity index (χ1v) is 9.65. The highest BCUT2D eigenvalue weighted by molar-refractivity contribution is 7.89. The Morgan fingerprint density at radius 1 is 1.14 bits per heavy atom. The van der Waals surface area contributed by atoms with Crippen LogP contribution in [0.1, 0.15) is 20.3 Å². The molecule has 1 atom stereocenters. The molecule has 156 valence electrons. The molecule has 0 saturated carbocycles. The maximum absolute atomic E-state index is 13.0. The maximum Gasteiger partial charge on any atom is 0.304 e. The summed E-state index contributed by atoms with van der Waals surface area (Å²) in [6.45, 7) is 2.66. The van der Waals surface area contributed by atoms with Gasteiger partial charge in [0.15, 0.2) is 4.90 Å². The number of carboxylic acids is 1. The van der Waals surface area contributed by atoms with Crippen LogP contribution in [0.25, 0.3) is 0 Å². The number of carboxylic acid groups (broad SMARTS) is 1. The van der Waals surface area contributed by atoms with Gasteiger partial charge < -0.3 is 14.4 Å². The summed E-state index contributed by atoms with van der Waals surface area (Å²) < 4.78 is 32.8. The summed E-state index contributed by atoms with van der Waals surface area (Å²) in [5.74, 6) is -1.49. The number of amides is 1. The smallest absolute Gasteiger partial charge is 0.304 e. The SMILES string of the molecule is CC(C)(C(=O)NO)N(CCC(=O)O)[S+]([O-])c1ccc(Oc2ccc(F)cc2)cc1. The summed E-state index contributed by atoms with van der Waals surface area (Å²) >= 11 is -1.89. The van der Waals surface area contributed by atoms with Crippen molar-refractivity contribution in [3.63, 3.8) is 0 Å². The minimum Gasteiger partial charge on any atom is -0.593 e. The van der Waals surface area contributed by atoms with Crippen LogP contribution >= 0.6 is 0 Å². The summed E-state index contributed by atoms with van der Waals surface area (Å²) in [5.41, 5.74) is 0.0648. The first kappa shape index (κ1) is 22.6. The van der Waals surface area contributed by atoms with Crippen molar-refractivity contribution in [2.75, 3.05) is 6.54 Å². The van der Waals surface area contributed by atoms with Gasteiger partial charge in [-0.1, -0.05) is 0 Å². The Morgan fingerprint density at radius 2 is 1.66 bits per heavy atom. The Hall–Kier alpha value is -2.66. The number of hydrogen-bond donors (Lipinski definition) is 3. The molecule has 10 heteroatoms. The first-order chi connectivity index (χ1) is 13.6. The van der Waals surface area contributed by atoms with E-state index in [1.807, 2.05) is 0 Å². The van der Waals surface area contributed by atoms with Crippen molar-refractivity contribution in [3.8, 4) is 11.5 Å². The number of nitrogens with one attached hydrogen (secondary N) is 1. The van der Waals surface area contributed by atoms with Crippen LogP contribution < -0.4 is 10.2 Å². The molecule has 29 heavy (non-hydrogen) atoms. The number of hydrogen-bond acceptors (Lipinski definition) is 6. The van der Waals surface area contributed by atoms with E-state index in [4.69, 9.17) is 15.1 Å². The van der Waals surface area contributed by atoms with E-state index in [0.717, 1.165) is 0 Å². The molecule has 0 radical (unpaired) electrons. The molecule has 0 aliphatic heterocycles. The Balaban J connectivity index is 2.21. The van der Waals surface area contributed by atoms with Crippen molar-refractivity contribution in [1.82, 2.24) is 9.79 Å². The van der Waals surface area contributed by atoms with Crippen molar-refractivity contribution >= 4 is 23.2 Å². The van der Waals surface area contributed by atoms with Crippen LogP contribution in [0.15, 0.2) is 53.4 Å². The lowest BCUT2D eigenvalue weighted by Gasteiger charge is -2.35. The lowest BCUT2D eigenvalue weighted by atomic mass is 10.1. The molecule has 2 rings (SSSR count). The fourth-order valence-electron chi connectivity index (χ4n) is 2.41. The second-order valence-corrected chi connectivity index (χ2v) is 7.93. The molecule has 0 aliphatic rings. The second kappa shape index (κ2) is 9.70. The number of benzene rings is 2. The molecular weight excluding hydrogens is 403 g/mol. The topological polar surface area (TPSA) is 122 Å². The Labute approximate surface area is 170 Å². The summed E-state index contributed by atoms with van der Waals surface area (Å²) in [6, 6.07) is 11.6. The van der Waals surface area contributed by atoms with Crippen LogP contribution in [0.4, 0.5) is 4.39 Å². The standard InChI is InChI=1S/C19H21FN2O6S/c1-19(2,18(25)21-26)22(12-11-17(23)24)29(27)16-9-7-15(8-10-16)28-14-5-3-13(20)4-6-14/h3-10,26H,11-12H2,1-2H3,(H,21,25)(H,23,24). The van der Waals surface area contributed by atoms with Gasteiger partial charge in [0.2, 0.25) is 0 Å². The Kier molecular flexibility index (Phi) is 7.57. The van der Waals surface area contributed by atoms with Gasteiger partial charge in [0.05, 0.1) is 24.3 Å². The number of rotatable bonds is 9. The van der Waals surface area contributed by atoms with E-state index in [2.05, 4.69) is 0 Å². The second-order valence-electron chi connectivity index (χ2n) is 6.52. The normalized spacial score (nSPS) is 12.5. The molecule has 0 spiro atoms. The predicted octanol–water partition coefficient (Wildman–Crippen LogP) is 2.70. The quantitative estimate of drug-likeness (QED) is 0.321. The molecular formula is C19H21FN2O6S. The molecule has 2 aromatic rings. The molecule has 3 N–H and O–H groups in total. The molecule has 0 saturated heterocycles. The van der Waals surface area contributed by atoms with Gasteiger partial charge in [-0.15, -0.1) is 4.31 Å². The van der Waals surface area contributed by atoms with Crippen molar-refractivity contribution in [2.45, 2.75) is 30.7 Å². The van der Waals surface area contributed by atoms with Gasteiger partial charge in [0, 0.05) is 0 Å². The van der Waals surface area contributed by atoms with Crippen LogP contribution in [0.3, 0.4) is 0 Å². The number of halogens is 1. The van der Waals surface area contributed by atoms with E-state index >= 15 is 0 Å². The van der Waals surface area contributed by atoms with Gasteiger partial charge in [-0.2, -0.15) is 0 Å². The average Bonchev–Trinajstić information content (AvgIpc) is 2.69. The lowest BCUT2D eigenvalue weighted by molar-refractivity contribution is -0.140. The molecule has 0 heterocycles.